The van der Waals surface area contributed by atoms with Gasteiger partial charge in [-0.3, -0.25) is 9.59 Å². The number of hydrogen-bond acceptors (Lipinski definition) is 3. The summed E-state index contributed by atoms with van der Waals surface area (Å²) in [5.74, 6) is 0.625. The van der Waals surface area contributed by atoms with Crippen LogP contribution in [0.15, 0.2) is 54.6 Å². The number of methoxy groups -OCH3 is 1. The quantitative estimate of drug-likeness (QED) is 0.809. The molecule has 2 amide bonds. The number of carbonyl (C=O) groups excluding carboxylic acids is 2. The summed E-state index contributed by atoms with van der Waals surface area (Å²) in [5.41, 5.74) is 1.78. The SMILES string of the molecule is CCC(C)NC(=O)C1CC(c2ccccc2)CN(C(=O)c2ccc(OC)cc2)C1. The van der Waals surface area contributed by atoms with E-state index in [1.165, 1.54) is 5.56 Å². The smallest absolute Gasteiger partial charge is 0.253 e. The molecule has 2 aromatic carbocycles. The van der Waals surface area contributed by atoms with Gasteiger partial charge >= 0.3 is 0 Å². The van der Waals surface area contributed by atoms with E-state index in [9.17, 15) is 9.59 Å². The van der Waals surface area contributed by atoms with E-state index in [-0.39, 0.29) is 29.7 Å². The largest absolute Gasteiger partial charge is 0.497 e. The minimum absolute atomic E-state index is 0.0347. The molecule has 2 aromatic rings. The minimum Gasteiger partial charge on any atom is -0.497 e. The van der Waals surface area contributed by atoms with Crippen molar-refractivity contribution >= 4 is 11.8 Å². The highest BCUT2D eigenvalue weighted by Gasteiger charge is 2.35. The minimum atomic E-state index is -0.217. The van der Waals surface area contributed by atoms with Crippen molar-refractivity contribution in [2.24, 2.45) is 5.92 Å². The topological polar surface area (TPSA) is 58.6 Å². The second-order valence-corrected chi connectivity index (χ2v) is 7.80. The van der Waals surface area contributed by atoms with Crippen molar-refractivity contribution in [3.05, 3.63) is 65.7 Å². The Morgan fingerprint density at radius 1 is 1.10 bits per heavy atom. The van der Waals surface area contributed by atoms with Gasteiger partial charge in [-0.2, -0.15) is 0 Å². The maximum atomic E-state index is 13.2. The highest BCUT2D eigenvalue weighted by atomic mass is 16.5. The number of benzene rings is 2. The molecule has 0 aliphatic carbocycles. The van der Waals surface area contributed by atoms with Crippen LogP contribution in [0.4, 0.5) is 0 Å². The monoisotopic (exact) mass is 394 g/mol. The Kier molecular flexibility index (Phi) is 6.91. The standard InChI is InChI=1S/C24H30N2O3/c1-4-17(2)25-23(27)21-14-20(18-8-6-5-7-9-18)15-26(16-21)24(28)19-10-12-22(29-3)13-11-19/h5-13,17,20-21H,4,14-16H2,1-3H3,(H,25,27). The van der Waals surface area contributed by atoms with Crippen molar-refractivity contribution in [2.45, 2.75) is 38.6 Å². The molecule has 1 aliphatic rings. The van der Waals surface area contributed by atoms with Crippen LogP contribution in [-0.2, 0) is 4.79 Å². The second kappa shape index (κ2) is 9.59. The van der Waals surface area contributed by atoms with Gasteiger partial charge in [-0.1, -0.05) is 37.3 Å². The van der Waals surface area contributed by atoms with Crippen molar-refractivity contribution in [3.63, 3.8) is 0 Å². The van der Waals surface area contributed by atoms with Crippen molar-refractivity contribution in [3.8, 4) is 5.75 Å². The van der Waals surface area contributed by atoms with Gasteiger partial charge in [0.05, 0.1) is 13.0 Å². The molecule has 0 spiro atoms. The number of ether oxygens (including phenoxy) is 1. The van der Waals surface area contributed by atoms with Crippen LogP contribution in [-0.4, -0.2) is 43.0 Å². The lowest BCUT2D eigenvalue weighted by atomic mass is 9.83. The Balaban J connectivity index is 1.82. The molecule has 3 rings (SSSR count). The third-order valence-electron chi connectivity index (χ3n) is 5.72. The average Bonchev–Trinajstić information content (AvgIpc) is 2.78. The Bertz CT molecular complexity index is 820. The van der Waals surface area contributed by atoms with E-state index in [2.05, 4.69) is 24.4 Å². The van der Waals surface area contributed by atoms with Crippen LogP contribution in [0.5, 0.6) is 5.75 Å². The maximum Gasteiger partial charge on any atom is 0.253 e. The molecule has 3 atom stereocenters. The summed E-state index contributed by atoms with van der Waals surface area (Å²) >= 11 is 0. The van der Waals surface area contributed by atoms with Gasteiger partial charge in [0.25, 0.3) is 5.91 Å². The van der Waals surface area contributed by atoms with Crippen molar-refractivity contribution < 1.29 is 14.3 Å². The summed E-state index contributed by atoms with van der Waals surface area (Å²) in [5, 5.41) is 3.09. The summed E-state index contributed by atoms with van der Waals surface area (Å²) in [6, 6.07) is 17.4. The number of carbonyl (C=O) groups is 2. The molecule has 1 saturated heterocycles. The van der Waals surface area contributed by atoms with Crippen molar-refractivity contribution in [1.82, 2.24) is 10.2 Å². The van der Waals surface area contributed by atoms with Crippen LogP contribution in [0.1, 0.15) is 48.5 Å². The molecule has 5 nitrogen and oxygen atoms in total. The predicted molar refractivity (Wildman–Crippen MR) is 114 cm³/mol. The predicted octanol–water partition coefficient (Wildman–Crippen LogP) is 3.86. The first-order valence-corrected chi connectivity index (χ1v) is 10.3. The Morgan fingerprint density at radius 3 is 2.41 bits per heavy atom. The van der Waals surface area contributed by atoms with Crippen LogP contribution in [0, 0.1) is 5.92 Å². The van der Waals surface area contributed by atoms with E-state index in [0.29, 0.717) is 24.4 Å². The van der Waals surface area contributed by atoms with Crippen LogP contribution >= 0.6 is 0 Å². The first-order valence-electron chi connectivity index (χ1n) is 10.3. The fraction of sp³-hybridized carbons (Fsp3) is 0.417. The highest BCUT2D eigenvalue weighted by molar-refractivity contribution is 5.95. The van der Waals surface area contributed by atoms with E-state index >= 15 is 0 Å². The summed E-state index contributed by atoms with van der Waals surface area (Å²) in [6.07, 6.45) is 1.63. The van der Waals surface area contributed by atoms with Crippen LogP contribution in [0.25, 0.3) is 0 Å². The van der Waals surface area contributed by atoms with Crippen molar-refractivity contribution in [1.29, 1.82) is 0 Å². The lowest BCUT2D eigenvalue weighted by Gasteiger charge is -2.38. The number of piperidine rings is 1. The van der Waals surface area contributed by atoms with Gasteiger partial charge in [0.15, 0.2) is 0 Å². The molecule has 1 aliphatic heterocycles. The molecule has 154 valence electrons. The highest BCUT2D eigenvalue weighted by Crippen LogP contribution is 2.31. The van der Waals surface area contributed by atoms with Crippen molar-refractivity contribution in [2.75, 3.05) is 20.2 Å². The van der Waals surface area contributed by atoms with E-state index in [1.54, 1.807) is 31.4 Å². The first kappa shape index (κ1) is 20.9. The number of nitrogens with one attached hydrogen (secondary N) is 1. The van der Waals surface area contributed by atoms with Gasteiger partial charge in [-0.05, 0) is 49.6 Å². The number of nitrogens with zero attached hydrogens (tertiary/aromatic N) is 1. The molecule has 0 aromatic heterocycles. The Morgan fingerprint density at radius 2 is 1.79 bits per heavy atom. The molecule has 0 radical (unpaired) electrons. The Labute approximate surface area is 173 Å². The summed E-state index contributed by atoms with van der Waals surface area (Å²) < 4.78 is 5.19. The molecular weight excluding hydrogens is 364 g/mol. The molecule has 0 bridgehead atoms. The third kappa shape index (κ3) is 5.17. The molecule has 1 heterocycles. The molecule has 1 N–H and O–H groups in total. The van der Waals surface area contributed by atoms with E-state index < -0.39 is 0 Å². The zero-order chi connectivity index (χ0) is 20.8. The van der Waals surface area contributed by atoms with E-state index in [4.69, 9.17) is 4.74 Å². The molecule has 1 fully saturated rings. The molecule has 5 heteroatoms. The average molecular weight is 395 g/mol. The van der Waals surface area contributed by atoms with Gasteiger partial charge < -0.3 is 15.0 Å². The Hall–Kier alpha value is -2.82. The van der Waals surface area contributed by atoms with E-state index in [1.807, 2.05) is 30.0 Å². The fourth-order valence-corrected chi connectivity index (χ4v) is 3.80. The second-order valence-electron chi connectivity index (χ2n) is 7.80. The fourth-order valence-electron chi connectivity index (χ4n) is 3.80. The van der Waals surface area contributed by atoms with Gasteiger partial charge in [-0.25, -0.2) is 0 Å². The third-order valence-corrected chi connectivity index (χ3v) is 5.72. The van der Waals surface area contributed by atoms with E-state index in [0.717, 1.165) is 12.8 Å². The van der Waals surface area contributed by atoms with Gasteiger partial charge in [0.1, 0.15) is 5.75 Å². The zero-order valence-electron chi connectivity index (χ0n) is 17.4. The number of hydrogen-bond donors (Lipinski definition) is 1. The molecule has 3 unspecified atom stereocenters. The molecular formula is C24H30N2O3. The lowest BCUT2D eigenvalue weighted by Crippen LogP contribution is -2.49. The summed E-state index contributed by atoms with van der Waals surface area (Å²) in [6.45, 7) is 5.12. The molecule has 0 saturated carbocycles. The van der Waals surface area contributed by atoms with Crippen LogP contribution in [0.3, 0.4) is 0 Å². The summed E-state index contributed by atoms with van der Waals surface area (Å²) in [7, 11) is 1.60. The number of amides is 2. The maximum absolute atomic E-state index is 13.2. The van der Waals surface area contributed by atoms with Gasteiger partial charge in [0, 0.05) is 30.6 Å². The number of rotatable bonds is 6. The van der Waals surface area contributed by atoms with Gasteiger partial charge in [0.2, 0.25) is 5.91 Å². The normalized spacial score (nSPS) is 20.0. The first-order chi connectivity index (χ1) is 14.0. The molecule has 29 heavy (non-hydrogen) atoms. The van der Waals surface area contributed by atoms with Crippen LogP contribution < -0.4 is 10.1 Å². The number of likely N-dealkylation sites (tertiary alicyclic amines) is 1. The summed E-state index contributed by atoms with van der Waals surface area (Å²) in [4.78, 5) is 27.9. The van der Waals surface area contributed by atoms with Gasteiger partial charge in [-0.15, -0.1) is 0 Å². The lowest BCUT2D eigenvalue weighted by molar-refractivity contribution is -0.127. The van der Waals surface area contributed by atoms with Crippen LogP contribution in [0.2, 0.25) is 0 Å². The zero-order valence-corrected chi connectivity index (χ0v) is 17.4.